The van der Waals surface area contributed by atoms with E-state index in [2.05, 4.69) is 0 Å². The Morgan fingerprint density at radius 2 is 1.22 bits per heavy atom. The molecule has 1 heteroatoms. The van der Waals surface area contributed by atoms with Crippen LogP contribution in [0.2, 0.25) is 0 Å². The molecule has 0 bridgehead atoms. The quantitative estimate of drug-likeness (QED) is 0.160. The molecule has 9 aromatic rings. The molecular formula is C40H24O. The van der Waals surface area contributed by atoms with E-state index in [1.165, 1.54) is 0 Å². The van der Waals surface area contributed by atoms with E-state index in [9.17, 15) is 2.74 Å². The van der Waals surface area contributed by atoms with Crippen LogP contribution in [0.4, 0.5) is 0 Å². The highest BCUT2D eigenvalue weighted by atomic mass is 16.3. The number of hydrogen-bond donors (Lipinski definition) is 0. The number of furan rings is 1. The zero-order chi connectivity index (χ0) is 36.5. The molecule has 1 aromatic heterocycles. The van der Waals surface area contributed by atoms with Crippen molar-refractivity contribution in [3.8, 4) is 22.3 Å². The molecule has 41 heavy (non-hydrogen) atoms. The first-order chi connectivity index (χ1) is 24.9. The Morgan fingerprint density at radius 1 is 0.439 bits per heavy atom. The van der Waals surface area contributed by atoms with Crippen molar-refractivity contribution in [3.05, 3.63) is 145 Å². The topological polar surface area (TPSA) is 13.1 Å². The van der Waals surface area contributed by atoms with E-state index >= 15 is 0 Å². The van der Waals surface area contributed by atoms with Gasteiger partial charge in [0.2, 0.25) is 0 Å². The summed E-state index contributed by atoms with van der Waals surface area (Å²) in [6.07, 6.45) is 0. The Bertz CT molecular complexity index is 3080. The minimum absolute atomic E-state index is 0.0223. The van der Waals surface area contributed by atoms with E-state index < -0.39 is 66.5 Å². The lowest BCUT2D eigenvalue weighted by atomic mass is 9.88. The maximum absolute atomic E-state index is 9.39. The van der Waals surface area contributed by atoms with Gasteiger partial charge in [-0.1, -0.05) is 121 Å². The number of fused-ring (bicyclic) bond motifs is 8. The van der Waals surface area contributed by atoms with Gasteiger partial charge in [0, 0.05) is 16.3 Å². The van der Waals surface area contributed by atoms with Gasteiger partial charge in [0.1, 0.15) is 11.2 Å². The molecule has 0 N–H and O–H groups in total. The minimum atomic E-state index is -0.585. The van der Waals surface area contributed by atoms with Gasteiger partial charge >= 0.3 is 0 Å². The minimum Gasteiger partial charge on any atom is -0.456 e. The summed E-state index contributed by atoms with van der Waals surface area (Å²) in [5.74, 6) is 0. The number of hydrogen-bond acceptors (Lipinski definition) is 1. The third kappa shape index (κ3) is 3.30. The van der Waals surface area contributed by atoms with Crippen molar-refractivity contribution < 1.29 is 19.5 Å². The molecule has 0 amide bonds. The van der Waals surface area contributed by atoms with Crippen LogP contribution in [0.15, 0.2) is 150 Å². The first-order valence-electron chi connectivity index (χ1n) is 18.7. The number of rotatable bonds is 2. The second kappa shape index (κ2) is 8.55. The maximum Gasteiger partial charge on any atom is 0.136 e. The van der Waals surface area contributed by atoms with E-state index in [0.717, 1.165) is 27.3 Å². The standard InChI is InChI=1S/C40H24O/c1-2-11-26(12-3-1)39-32-17-9-6-14-28(32)24-37-40(39)35-23-29(19-21-36(35)41-37)38-31-16-8-5-13-27(31)22-34-30-15-7-4-10-25(30)18-20-33(34)38/h1-24H/i4D,5D,7D,8D,10D,13D,15D,16D,18D,20D,22D. The van der Waals surface area contributed by atoms with Gasteiger partial charge in [0.05, 0.1) is 15.1 Å². The fourth-order valence-corrected chi connectivity index (χ4v) is 6.01. The van der Waals surface area contributed by atoms with Crippen LogP contribution >= 0.6 is 0 Å². The van der Waals surface area contributed by atoms with Crippen molar-refractivity contribution in [2.45, 2.75) is 0 Å². The van der Waals surface area contributed by atoms with Crippen LogP contribution in [-0.2, 0) is 0 Å². The Kier molecular flexibility index (Phi) is 2.98. The van der Waals surface area contributed by atoms with E-state index in [-0.39, 0.29) is 37.9 Å². The van der Waals surface area contributed by atoms with Crippen LogP contribution in [-0.4, -0.2) is 0 Å². The molecule has 0 aliphatic carbocycles. The van der Waals surface area contributed by atoms with Crippen molar-refractivity contribution in [1.82, 2.24) is 0 Å². The van der Waals surface area contributed by atoms with E-state index in [4.69, 9.17) is 16.8 Å². The van der Waals surface area contributed by atoms with Crippen molar-refractivity contribution in [2.75, 3.05) is 0 Å². The molecule has 9 rings (SSSR count). The zero-order valence-electron chi connectivity index (χ0n) is 32.4. The molecule has 8 aromatic carbocycles. The lowest BCUT2D eigenvalue weighted by Gasteiger charge is -2.14. The van der Waals surface area contributed by atoms with Gasteiger partial charge in [0.15, 0.2) is 0 Å². The molecule has 0 saturated carbocycles. The fraction of sp³-hybridized carbons (Fsp3) is 0. The highest BCUT2D eigenvalue weighted by Crippen LogP contribution is 2.45. The van der Waals surface area contributed by atoms with Gasteiger partial charge in [-0.05, 0) is 84.0 Å². The SMILES string of the molecule is [2H]c1c([2H])c([2H])c2c([2H])c3c(c([2H])c([2H])c4c([2H])c([2H])c([2H])c([2H])c43)c(-c3ccc4oc5cc6ccccc6c(-c6ccccc6)c5c4c3)c2c1[2H]. The average molecular weight is 532 g/mol. The van der Waals surface area contributed by atoms with Gasteiger partial charge in [0.25, 0.3) is 0 Å². The van der Waals surface area contributed by atoms with Crippen molar-refractivity contribution >= 4 is 65.0 Å². The summed E-state index contributed by atoms with van der Waals surface area (Å²) in [6, 6.07) is 19.6. The zero-order valence-corrected chi connectivity index (χ0v) is 21.4. The second-order valence-electron chi connectivity index (χ2n) is 10.0. The molecule has 0 aliphatic rings. The molecular weight excluding hydrogens is 496 g/mol. The molecule has 0 atom stereocenters. The molecule has 0 unspecified atom stereocenters. The molecule has 0 aliphatic heterocycles. The molecule has 0 radical (unpaired) electrons. The Labute approximate surface area is 252 Å². The monoisotopic (exact) mass is 531 g/mol. The average Bonchev–Trinajstić information content (AvgIpc) is 3.52. The number of benzene rings is 8. The fourth-order valence-electron chi connectivity index (χ4n) is 6.01. The third-order valence-electron chi connectivity index (χ3n) is 7.77. The van der Waals surface area contributed by atoms with Crippen molar-refractivity contribution in [3.63, 3.8) is 0 Å². The molecule has 1 heterocycles. The smallest absolute Gasteiger partial charge is 0.136 e. The lowest BCUT2D eigenvalue weighted by Crippen LogP contribution is -1.87. The van der Waals surface area contributed by atoms with Gasteiger partial charge in [-0.25, -0.2) is 0 Å². The Hall–Kier alpha value is -5.40. The molecule has 1 nitrogen and oxygen atoms in total. The maximum atomic E-state index is 9.39. The summed E-state index contributed by atoms with van der Waals surface area (Å²) >= 11 is 0. The molecule has 0 fully saturated rings. The van der Waals surface area contributed by atoms with E-state index in [0.29, 0.717) is 22.1 Å². The normalized spacial score (nSPS) is 15.7. The van der Waals surface area contributed by atoms with E-state index in [1.807, 2.05) is 66.7 Å². The molecule has 0 spiro atoms. The van der Waals surface area contributed by atoms with Crippen LogP contribution in [0.1, 0.15) is 15.1 Å². The van der Waals surface area contributed by atoms with Gasteiger partial charge in [-0.3, -0.25) is 0 Å². The second-order valence-corrected chi connectivity index (χ2v) is 10.0. The lowest BCUT2D eigenvalue weighted by molar-refractivity contribution is 0.669. The summed E-state index contributed by atoms with van der Waals surface area (Å²) < 4.78 is 104. The highest BCUT2D eigenvalue weighted by Gasteiger charge is 2.18. The van der Waals surface area contributed by atoms with Crippen molar-refractivity contribution in [2.24, 2.45) is 0 Å². The first kappa shape index (κ1) is 14.3. The van der Waals surface area contributed by atoms with Gasteiger partial charge in [-0.2, -0.15) is 0 Å². The van der Waals surface area contributed by atoms with Crippen LogP contribution in [0, 0.1) is 0 Å². The summed E-state index contributed by atoms with van der Waals surface area (Å²) in [6.45, 7) is 0. The summed E-state index contributed by atoms with van der Waals surface area (Å²) in [5.41, 5.74) is 3.62. The van der Waals surface area contributed by atoms with Crippen LogP contribution in [0.3, 0.4) is 0 Å². The Morgan fingerprint density at radius 3 is 2.12 bits per heavy atom. The summed E-state index contributed by atoms with van der Waals surface area (Å²) in [4.78, 5) is 0. The molecule has 0 saturated heterocycles. The predicted octanol–water partition coefficient (Wildman–Crippen LogP) is 11.5. The molecule has 190 valence electrons. The summed E-state index contributed by atoms with van der Waals surface area (Å²) in [5, 5.41) is 2.76. The van der Waals surface area contributed by atoms with E-state index in [1.54, 1.807) is 12.1 Å². The van der Waals surface area contributed by atoms with Crippen LogP contribution in [0.25, 0.3) is 87.3 Å². The van der Waals surface area contributed by atoms with Gasteiger partial charge < -0.3 is 4.42 Å². The van der Waals surface area contributed by atoms with Gasteiger partial charge in [-0.15, -0.1) is 0 Å². The predicted molar refractivity (Wildman–Crippen MR) is 175 cm³/mol. The third-order valence-corrected chi connectivity index (χ3v) is 7.77. The van der Waals surface area contributed by atoms with Crippen LogP contribution in [0.5, 0.6) is 0 Å². The Balaban J connectivity index is 1.54. The van der Waals surface area contributed by atoms with Crippen LogP contribution < -0.4 is 0 Å². The first-order valence-corrected chi connectivity index (χ1v) is 13.2. The highest BCUT2D eigenvalue weighted by molar-refractivity contribution is 6.23. The largest absolute Gasteiger partial charge is 0.456 e. The van der Waals surface area contributed by atoms with Crippen molar-refractivity contribution in [1.29, 1.82) is 0 Å². The summed E-state index contributed by atoms with van der Waals surface area (Å²) in [7, 11) is 0.